The minimum absolute atomic E-state index is 0.0449. The Kier molecular flexibility index (Phi) is 4.76. The topological polar surface area (TPSA) is 78.8 Å². The molecule has 2 aliphatic rings. The van der Waals surface area contributed by atoms with Crippen LogP contribution in [-0.2, 0) is 14.8 Å². The SMILES string of the molecule is CCC(NC(=O)C1=CN2CCS(=O)(=O)N=C2C=C1)c1ccc(C)cc1. The zero-order valence-electron chi connectivity index (χ0n) is 14.3. The number of amidine groups is 1. The van der Waals surface area contributed by atoms with Crippen LogP contribution < -0.4 is 5.32 Å². The first kappa shape index (κ1) is 17.4. The van der Waals surface area contributed by atoms with Gasteiger partial charge in [0.15, 0.2) is 0 Å². The highest BCUT2D eigenvalue weighted by molar-refractivity contribution is 7.90. The molecule has 7 heteroatoms. The summed E-state index contributed by atoms with van der Waals surface area (Å²) >= 11 is 0. The molecule has 0 saturated heterocycles. The van der Waals surface area contributed by atoms with Gasteiger partial charge >= 0.3 is 0 Å². The third-order valence-electron chi connectivity index (χ3n) is 4.28. The van der Waals surface area contributed by atoms with E-state index in [1.807, 2.05) is 38.1 Å². The number of benzene rings is 1. The molecule has 3 rings (SSSR count). The van der Waals surface area contributed by atoms with Gasteiger partial charge in [0.05, 0.1) is 17.4 Å². The van der Waals surface area contributed by atoms with E-state index < -0.39 is 10.0 Å². The molecule has 6 nitrogen and oxygen atoms in total. The van der Waals surface area contributed by atoms with E-state index >= 15 is 0 Å². The third kappa shape index (κ3) is 3.99. The van der Waals surface area contributed by atoms with Crippen molar-refractivity contribution in [2.45, 2.75) is 26.3 Å². The summed E-state index contributed by atoms with van der Waals surface area (Å²) in [5, 5.41) is 3.04. The van der Waals surface area contributed by atoms with Crippen molar-refractivity contribution in [2.24, 2.45) is 4.40 Å². The van der Waals surface area contributed by atoms with Gasteiger partial charge in [0.2, 0.25) is 0 Å². The highest BCUT2D eigenvalue weighted by atomic mass is 32.2. The number of nitrogens with zero attached hydrogens (tertiary/aromatic N) is 2. The van der Waals surface area contributed by atoms with E-state index in [1.165, 1.54) is 5.56 Å². The number of fused-ring (bicyclic) bond motifs is 1. The Hall–Kier alpha value is -2.41. The summed E-state index contributed by atoms with van der Waals surface area (Å²) in [6, 6.07) is 8.03. The zero-order chi connectivity index (χ0) is 18.0. The fourth-order valence-corrected chi connectivity index (χ4v) is 3.77. The van der Waals surface area contributed by atoms with Crippen LogP contribution in [0, 0.1) is 6.92 Å². The van der Waals surface area contributed by atoms with E-state index in [4.69, 9.17) is 0 Å². The third-order valence-corrected chi connectivity index (χ3v) is 5.44. The van der Waals surface area contributed by atoms with Crippen molar-refractivity contribution in [2.75, 3.05) is 12.3 Å². The van der Waals surface area contributed by atoms with Gasteiger partial charge in [0.1, 0.15) is 5.84 Å². The number of amides is 1. The first-order valence-electron chi connectivity index (χ1n) is 8.24. The lowest BCUT2D eigenvalue weighted by Gasteiger charge is -2.27. The standard InChI is InChI=1S/C18H21N3O3S/c1-3-16(14-6-4-13(2)5-7-14)19-18(22)15-8-9-17-20-25(23,24)11-10-21(17)12-15/h4-9,12,16H,3,10-11H2,1-2H3,(H,19,22). The molecule has 0 fully saturated rings. The smallest absolute Gasteiger partial charge is 0.256 e. The molecule has 1 aromatic rings. The molecule has 2 aliphatic heterocycles. The van der Waals surface area contributed by atoms with Crippen LogP contribution in [0.3, 0.4) is 0 Å². The molecule has 1 amide bonds. The minimum Gasteiger partial charge on any atom is -0.345 e. The van der Waals surface area contributed by atoms with Crippen molar-refractivity contribution >= 4 is 21.8 Å². The number of sulfonamides is 1. The Morgan fingerprint density at radius 2 is 2.00 bits per heavy atom. The first-order chi connectivity index (χ1) is 11.9. The van der Waals surface area contributed by atoms with E-state index in [0.29, 0.717) is 18.0 Å². The van der Waals surface area contributed by atoms with Gasteiger partial charge in [-0.3, -0.25) is 4.79 Å². The molecule has 132 valence electrons. The summed E-state index contributed by atoms with van der Waals surface area (Å²) < 4.78 is 26.8. The molecule has 0 aromatic heterocycles. The fraction of sp³-hybridized carbons (Fsp3) is 0.333. The van der Waals surface area contributed by atoms with Crippen molar-refractivity contribution in [3.8, 4) is 0 Å². The number of carbonyl (C=O) groups excluding carboxylic acids is 1. The molecular weight excluding hydrogens is 338 g/mol. The van der Waals surface area contributed by atoms with Crippen molar-refractivity contribution < 1.29 is 13.2 Å². The summed E-state index contributed by atoms with van der Waals surface area (Å²) in [5.41, 5.74) is 2.73. The van der Waals surface area contributed by atoms with E-state index in [0.717, 1.165) is 12.0 Å². The number of nitrogens with one attached hydrogen (secondary N) is 1. The van der Waals surface area contributed by atoms with Gasteiger partial charge in [-0.15, -0.1) is 4.40 Å². The summed E-state index contributed by atoms with van der Waals surface area (Å²) in [6.45, 7) is 4.35. The predicted octanol–water partition coefficient (Wildman–Crippen LogP) is 2.06. The highest BCUT2D eigenvalue weighted by Crippen LogP contribution is 2.20. The lowest BCUT2D eigenvalue weighted by molar-refractivity contribution is -0.118. The van der Waals surface area contributed by atoms with E-state index in [9.17, 15) is 13.2 Å². The second-order valence-electron chi connectivity index (χ2n) is 6.19. The summed E-state index contributed by atoms with van der Waals surface area (Å²) in [6.07, 6.45) is 5.61. The monoisotopic (exact) mass is 359 g/mol. The number of aryl methyl sites for hydroxylation is 1. The normalized spacial score (nSPS) is 19.5. The molecular formula is C18H21N3O3S. The Bertz CT molecular complexity index is 867. The predicted molar refractivity (Wildman–Crippen MR) is 97.5 cm³/mol. The van der Waals surface area contributed by atoms with Gasteiger partial charge in [0.25, 0.3) is 15.9 Å². The van der Waals surface area contributed by atoms with Gasteiger partial charge in [-0.25, -0.2) is 8.42 Å². The van der Waals surface area contributed by atoms with Crippen LogP contribution >= 0.6 is 0 Å². The lowest BCUT2D eigenvalue weighted by atomic mass is 10.0. The average Bonchev–Trinajstić information content (AvgIpc) is 2.59. The quantitative estimate of drug-likeness (QED) is 0.892. The van der Waals surface area contributed by atoms with Gasteiger partial charge in [-0.1, -0.05) is 36.8 Å². The fourth-order valence-electron chi connectivity index (χ4n) is 2.80. The molecule has 1 N–H and O–H groups in total. The number of carbonyl (C=O) groups is 1. The van der Waals surface area contributed by atoms with E-state index in [1.54, 1.807) is 23.3 Å². The molecule has 1 unspecified atom stereocenters. The molecule has 0 aliphatic carbocycles. The number of hydrogen-bond donors (Lipinski definition) is 1. The van der Waals surface area contributed by atoms with E-state index in [2.05, 4.69) is 9.71 Å². The lowest BCUT2D eigenvalue weighted by Crippen LogP contribution is -2.38. The Morgan fingerprint density at radius 3 is 2.68 bits per heavy atom. The number of rotatable bonds is 4. The summed E-state index contributed by atoms with van der Waals surface area (Å²) in [5.74, 6) is 0.126. The van der Waals surface area contributed by atoms with Crippen LogP contribution in [0.25, 0.3) is 0 Å². The maximum Gasteiger partial charge on any atom is 0.256 e. The second kappa shape index (κ2) is 6.84. The van der Waals surface area contributed by atoms with Crippen molar-refractivity contribution in [3.63, 3.8) is 0 Å². The zero-order valence-corrected chi connectivity index (χ0v) is 15.1. The van der Waals surface area contributed by atoms with E-state index in [-0.39, 0.29) is 17.7 Å². The molecule has 2 heterocycles. The van der Waals surface area contributed by atoms with Gasteiger partial charge in [0, 0.05) is 12.7 Å². The molecule has 0 spiro atoms. The van der Waals surface area contributed by atoms with Gasteiger partial charge < -0.3 is 10.2 Å². The minimum atomic E-state index is -3.39. The summed E-state index contributed by atoms with van der Waals surface area (Å²) in [7, 11) is -3.39. The van der Waals surface area contributed by atoms with Crippen LogP contribution in [0.15, 0.2) is 52.6 Å². The molecule has 0 saturated carbocycles. The van der Waals surface area contributed by atoms with Crippen LogP contribution in [0.2, 0.25) is 0 Å². The molecule has 25 heavy (non-hydrogen) atoms. The Balaban J connectivity index is 1.74. The van der Waals surface area contributed by atoms with Crippen molar-refractivity contribution in [1.29, 1.82) is 0 Å². The van der Waals surface area contributed by atoms with Crippen LogP contribution in [-0.4, -0.2) is 37.4 Å². The van der Waals surface area contributed by atoms with Gasteiger partial charge in [-0.2, -0.15) is 0 Å². The average molecular weight is 359 g/mol. The summed E-state index contributed by atoms with van der Waals surface area (Å²) in [4.78, 5) is 14.3. The highest BCUT2D eigenvalue weighted by Gasteiger charge is 2.25. The molecule has 0 radical (unpaired) electrons. The number of hydrogen-bond acceptors (Lipinski definition) is 4. The molecule has 0 bridgehead atoms. The van der Waals surface area contributed by atoms with Crippen LogP contribution in [0.1, 0.15) is 30.5 Å². The van der Waals surface area contributed by atoms with Crippen molar-refractivity contribution in [1.82, 2.24) is 10.2 Å². The van der Waals surface area contributed by atoms with Crippen LogP contribution in [0.4, 0.5) is 0 Å². The van der Waals surface area contributed by atoms with Crippen molar-refractivity contribution in [3.05, 3.63) is 59.3 Å². The Labute approximate surface area is 148 Å². The first-order valence-corrected chi connectivity index (χ1v) is 9.85. The maximum absolute atomic E-state index is 12.6. The largest absolute Gasteiger partial charge is 0.345 e. The van der Waals surface area contributed by atoms with Crippen LogP contribution in [0.5, 0.6) is 0 Å². The second-order valence-corrected chi connectivity index (χ2v) is 7.95. The Morgan fingerprint density at radius 1 is 1.28 bits per heavy atom. The molecule has 1 aromatic carbocycles. The maximum atomic E-state index is 12.6. The molecule has 1 atom stereocenters. The van der Waals surface area contributed by atoms with Gasteiger partial charge in [-0.05, 0) is 31.1 Å².